The zero-order valence-corrected chi connectivity index (χ0v) is 14.5. The fourth-order valence-electron chi connectivity index (χ4n) is 3.50. The van der Waals surface area contributed by atoms with Crippen LogP contribution in [0.5, 0.6) is 11.5 Å². The van der Waals surface area contributed by atoms with Crippen molar-refractivity contribution in [3.63, 3.8) is 0 Å². The molecule has 3 aromatic rings. The molecule has 0 saturated carbocycles. The first kappa shape index (κ1) is 16.4. The molecule has 4 rings (SSSR count). The van der Waals surface area contributed by atoms with E-state index in [-0.39, 0.29) is 11.9 Å². The van der Waals surface area contributed by atoms with Crippen LogP contribution in [0.15, 0.2) is 78.9 Å². The second-order valence-corrected chi connectivity index (χ2v) is 6.53. The van der Waals surface area contributed by atoms with Gasteiger partial charge in [-0.3, -0.25) is 4.79 Å². The van der Waals surface area contributed by atoms with Gasteiger partial charge in [-0.25, -0.2) is 0 Å². The fourth-order valence-corrected chi connectivity index (χ4v) is 3.50. The normalized spacial score (nSPS) is 15.8. The molecule has 0 saturated heterocycles. The van der Waals surface area contributed by atoms with Gasteiger partial charge in [0.05, 0.1) is 11.6 Å². The Morgan fingerprint density at radius 1 is 0.885 bits per heavy atom. The van der Waals surface area contributed by atoms with E-state index in [2.05, 4.69) is 23.5 Å². The molecular weight excluding hydrogens is 322 g/mol. The first-order chi connectivity index (χ1) is 12.8. The Balaban J connectivity index is 1.56. The zero-order valence-electron chi connectivity index (χ0n) is 14.5. The molecule has 0 aliphatic heterocycles. The number of hydrogen-bond donors (Lipinski definition) is 1. The van der Waals surface area contributed by atoms with Gasteiger partial charge in [-0.15, -0.1) is 0 Å². The van der Waals surface area contributed by atoms with E-state index in [1.165, 1.54) is 11.1 Å². The van der Waals surface area contributed by atoms with Crippen LogP contribution in [0, 0.1) is 0 Å². The smallest absolute Gasteiger partial charge is 0.255 e. The highest BCUT2D eigenvalue weighted by atomic mass is 16.5. The van der Waals surface area contributed by atoms with E-state index in [9.17, 15) is 4.79 Å². The quantitative estimate of drug-likeness (QED) is 0.699. The highest BCUT2D eigenvalue weighted by Crippen LogP contribution is 2.31. The number of nitrogens with one attached hydrogen (secondary N) is 1. The van der Waals surface area contributed by atoms with Crippen molar-refractivity contribution in [3.05, 3.63) is 95.6 Å². The number of hydrogen-bond acceptors (Lipinski definition) is 2. The van der Waals surface area contributed by atoms with Crippen LogP contribution in [-0.4, -0.2) is 5.91 Å². The van der Waals surface area contributed by atoms with Gasteiger partial charge in [0, 0.05) is 0 Å². The van der Waals surface area contributed by atoms with Crippen LogP contribution in [0.2, 0.25) is 0 Å². The Morgan fingerprint density at radius 3 is 2.50 bits per heavy atom. The van der Waals surface area contributed by atoms with Crippen LogP contribution >= 0.6 is 0 Å². The number of carbonyl (C=O) groups excluding carboxylic acids is 1. The number of ether oxygens (including phenoxy) is 1. The molecule has 0 radical (unpaired) electrons. The molecule has 0 bridgehead atoms. The summed E-state index contributed by atoms with van der Waals surface area (Å²) in [5.41, 5.74) is 3.12. The summed E-state index contributed by atoms with van der Waals surface area (Å²) >= 11 is 0. The number of para-hydroxylation sites is 2. The lowest BCUT2D eigenvalue weighted by Gasteiger charge is -2.26. The van der Waals surface area contributed by atoms with E-state index in [0.717, 1.165) is 25.0 Å². The zero-order chi connectivity index (χ0) is 17.8. The van der Waals surface area contributed by atoms with E-state index in [4.69, 9.17) is 4.74 Å². The van der Waals surface area contributed by atoms with Crippen molar-refractivity contribution < 1.29 is 9.53 Å². The topological polar surface area (TPSA) is 38.3 Å². The van der Waals surface area contributed by atoms with E-state index in [1.54, 1.807) is 0 Å². The maximum Gasteiger partial charge on any atom is 0.255 e. The van der Waals surface area contributed by atoms with Crippen LogP contribution in [-0.2, 0) is 6.42 Å². The Bertz CT molecular complexity index is 905. The van der Waals surface area contributed by atoms with Crippen molar-refractivity contribution in [1.29, 1.82) is 0 Å². The molecule has 0 fully saturated rings. The van der Waals surface area contributed by atoms with Gasteiger partial charge in [0.25, 0.3) is 5.91 Å². The predicted octanol–water partition coefficient (Wildman–Crippen LogP) is 5.29. The van der Waals surface area contributed by atoms with Crippen LogP contribution in [0.25, 0.3) is 0 Å². The number of carbonyl (C=O) groups is 1. The van der Waals surface area contributed by atoms with Crippen molar-refractivity contribution in [2.75, 3.05) is 0 Å². The van der Waals surface area contributed by atoms with Gasteiger partial charge in [-0.2, -0.15) is 0 Å². The van der Waals surface area contributed by atoms with Gasteiger partial charge < -0.3 is 10.1 Å². The highest BCUT2D eigenvalue weighted by molar-refractivity contribution is 5.97. The monoisotopic (exact) mass is 343 g/mol. The summed E-state index contributed by atoms with van der Waals surface area (Å²) in [7, 11) is 0. The van der Waals surface area contributed by atoms with Crippen molar-refractivity contribution in [2.24, 2.45) is 0 Å². The van der Waals surface area contributed by atoms with Gasteiger partial charge in [-0.05, 0) is 54.7 Å². The van der Waals surface area contributed by atoms with Crippen LogP contribution in [0.4, 0.5) is 0 Å². The van der Waals surface area contributed by atoms with Crippen molar-refractivity contribution in [2.45, 2.75) is 25.3 Å². The van der Waals surface area contributed by atoms with Crippen LogP contribution < -0.4 is 10.1 Å². The lowest BCUT2D eigenvalue weighted by atomic mass is 9.87. The standard InChI is InChI=1S/C23H21NO2/c25-23(24-21-15-8-10-17-9-4-5-13-19(17)21)20-14-6-7-16-22(20)26-18-11-2-1-3-12-18/h1-7,9,11-14,16,21H,8,10,15H2,(H,24,25). The maximum absolute atomic E-state index is 12.9. The molecule has 26 heavy (non-hydrogen) atoms. The minimum atomic E-state index is -0.0989. The number of amides is 1. The van der Waals surface area contributed by atoms with Gasteiger partial charge in [-0.1, -0.05) is 54.6 Å². The first-order valence-electron chi connectivity index (χ1n) is 9.02. The number of benzene rings is 3. The summed E-state index contributed by atoms with van der Waals surface area (Å²) in [6, 6.07) is 25.3. The minimum Gasteiger partial charge on any atom is -0.457 e. The predicted molar refractivity (Wildman–Crippen MR) is 103 cm³/mol. The van der Waals surface area contributed by atoms with Gasteiger partial charge in [0.2, 0.25) is 0 Å². The Kier molecular flexibility index (Phi) is 4.69. The average Bonchev–Trinajstić information content (AvgIpc) is 2.69. The summed E-state index contributed by atoms with van der Waals surface area (Å²) < 4.78 is 5.93. The lowest BCUT2D eigenvalue weighted by molar-refractivity contribution is 0.0930. The largest absolute Gasteiger partial charge is 0.457 e. The van der Waals surface area contributed by atoms with Gasteiger partial charge in [0.1, 0.15) is 11.5 Å². The third kappa shape index (κ3) is 3.47. The second-order valence-electron chi connectivity index (χ2n) is 6.53. The molecule has 1 N–H and O–H groups in total. The summed E-state index contributed by atoms with van der Waals surface area (Å²) in [5, 5.41) is 3.20. The third-order valence-electron chi connectivity index (χ3n) is 4.78. The summed E-state index contributed by atoms with van der Waals surface area (Å²) in [6.07, 6.45) is 3.13. The molecule has 3 aromatic carbocycles. The molecule has 130 valence electrons. The SMILES string of the molecule is O=C(NC1CCCc2ccccc21)c1ccccc1Oc1ccccc1. The van der Waals surface area contributed by atoms with Gasteiger partial charge in [0.15, 0.2) is 0 Å². The molecule has 3 heteroatoms. The molecule has 0 heterocycles. The second kappa shape index (κ2) is 7.44. The number of fused-ring (bicyclic) bond motifs is 1. The van der Waals surface area contributed by atoms with Crippen molar-refractivity contribution in [1.82, 2.24) is 5.32 Å². The van der Waals surface area contributed by atoms with E-state index in [0.29, 0.717) is 11.3 Å². The van der Waals surface area contributed by atoms with Crippen molar-refractivity contribution >= 4 is 5.91 Å². The molecule has 0 aromatic heterocycles. The maximum atomic E-state index is 12.9. The summed E-state index contributed by atoms with van der Waals surface area (Å²) in [4.78, 5) is 12.9. The average molecular weight is 343 g/mol. The Hall–Kier alpha value is -3.07. The van der Waals surface area contributed by atoms with Gasteiger partial charge >= 0.3 is 0 Å². The van der Waals surface area contributed by atoms with Crippen LogP contribution in [0.3, 0.4) is 0 Å². The minimum absolute atomic E-state index is 0.0530. The molecular formula is C23H21NO2. The molecule has 1 aliphatic rings. The molecule has 1 atom stereocenters. The highest BCUT2D eigenvalue weighted by Gasteiger charge is 2.23. The third-order valence-corrected chi connectivity index (χ3v) is 4.78. The molecule has 0 spiro atoms. The first-order valence-corrected chi connectivity index (χ1v) is 9.02. The molecule has 1 amide bonds. The molecule has 1 aliphatic carbocycles. The molecule has 3 nitrogen and oxygen atoms in total. The number of aryl methyl sites for hydroxylation is 1. The van der Waals surface area contributed by atoms with E-state index >= 15 is 0 Å². The Labute approximate surface area is 153 Å². The lowest BCUT2D eigenvalue weighted by Crippen LogP contribution is -2.31. The van der Waals surface area contributed by atoms with E-state index in [1.807, 2.05) is 60.7 Å². The molecule has 1 unspecified atom stereocenters. The van der Waals surface area contributed by atoms with E-state index < -0.39 is 0 Å². The van der Waals surface area contributed by atoms with Crippen LogP contribution in [0.1, 0.15) is 40.4 Å². The number of rotatable bonds is 4. The fraction of sp³-hybridized carbons (Fsp3) is 0.174. The summed E-state index contributed by atoms with van der Waals surface area (Å²) in [6.45, 7) is 0. The van der Waals surface area contributed by atoms with Crippen molar-refractivity contribution in [3.8, 4) is 11.5 Å². The Morgan fingerprint density at radius 2 is 1.62 bits per heavy atom. The summed E-state index contributed by atoms with van der Waals surface area (Å²) in [5.74, 6) is 1.19.